The molecule has 0 saturated heterocycles. The van der Waals surface area contributed by atoms with Crippen molar-refractivity contribution in [3.05, 3.63) is 40.0 Å². The zero-order valence-corrected chi connectivity index (χ0v) is 11.1. The van der Waals surface area contributed by atoms with Gasteiger partial charge in [0, 0.05) is 0 Å². The number of thiophene rings is 1. The summed E-state index contributed by atoms with van der Waals surface area (Å²) in [5.41, 5.74) is 0. The topological polar surface area (TPSA) is 34.4 Å². The first kappa shape index (κ1) is 12.2. The molecule has 0 spiro atoms. The standard InChI is InChI=1S/C13H17NO2S/c1-4-14-12(10-6-5-9(2)16-10)13-11(15-3)7-8-17-13/h5-8,12,14H,4H2,1-3H3. The Labute approximate surface area is 105 Å². The van der Waals surface area contributed by atoms with E-state index in [9.17, 15) is 0 Å². The first-order valence-corrected chi connectivity index (χ1v) is 6.55. The van der Waals surface area contributed by atoms with Gasteiger partial charge in [0.05, 0.1) is 12.0 Å². The Bertz CT molecular complexity index is 475. The zero-order valence-electron chi connectivity index (χ0n) is 10.3. The van der Waals surface area contributed by atoms with Crippen molar-refractivity contribution in [2.24, 2.45) is 0 Å². The second-order valence-electron chi connectivity index (χ2n) is 3.79. The lowest BCUT2D eigenvalue weighted by molar-refractivity contribution is 0.395. The van der Waals surface area contributed by atoms with Crippen molar-refractivity contribution >= 4 is 11.3 Å². The number of hydrogen-bond donors (Lipinski definition) is 1. The van der Waals surface area contributed by atoms with E-state index in [0.29, 0.717) is 0 Å². The van der Waals surface area contributed by atoms with Crippen LogP contribution in [0.3, 0.4) is 0 Å². The molecular weight excluding hydrogens is 234 g/mol. The Morgan fingerprint density at radius 3 is 2.82 bits per heavy atom. The molecule has 0 saturated carbocycles. The van der Waals surface area contributed by atoms with Crippen LogP contribution in [0, 0.1) is 6.92 Å². The van der Waals surface area contributed by atoms with Crippen LogP contribution in [0.15, 0.2) is 28.0 Å². The summed E-state index contributed by atoms with van der Waals surface area (Å²) < 4.78 is 11.1. The molecule has 2 aromatic rings. The molecule has 0 bridgehead atoms. The first-order valence-electron chi connectivity index (χ1n) is 5.67. The molecule has 0 aromatic carbocycles. The predicted octanol–water partition coefficient (Wildman–Crippen LogP) is 3.36. The predicted molar refractivity (Wildman–Crippen MR) is 69.8 cm³/mol. The van der Waals surface area contributed by atoms with Crippen molar-refractivity contribution < 1.29 is 9.15 Å². The molecule has 0 aliphatic carbocycles. The number of hydrogen-bond acceptors (Lipinski definition) is 4. The Kier molecular flexibility index (Phi) is 3.86. The van der Waals surface area contributed by atoms with Crippen LogP contribution in [0.1, 0.15) is 29.4 Å². The molecule has 1 unspecified atom stereocenters. The summed E-state index contributed by atoms with van der Waals surface area (Å²) in [6, 6.07) is 6.06. The molecule has 0 amide bonds. The van der Waals surface area contributed by atoms with Gasteiger partial charge < -0.3 is 14.5 Å². The monoisotopic (exact) mass is 251 g/mol. The first-order chi connectivity index (χ1) is 8.26. The Morgan fingerprint density at radius 2 is 2.24 bits per heavy atom. The molecular formula is C13H17NO2S. The molecule has 4 heteroatoms. The summed E-state index contributed by atoms with van der Waals surface area (Å²) in [6.07, 6.45) is 0. The molecule has 2 aromatic heterocycles. The highest BCUT2D eigenvalue weighted by atomic mass is 32.1. The third kappa shape index (κ3) is 2.53. The van der Waals surface area contributed by atoms with Gasteiger partial charge in [-0.2, -0.15) is 0 Å². The van der Waals surface area contributed by atoms with E-state index in [1.165, 1.54) is 0 Å². The Balaban J connectivity index is 2.35. The van der Waals surface area contributed by atoms with Gasteiger partial charge in [-0.25, -0.2) is 0 Å². The summed E-state index contributed by atoms with van der Waals surface area (Å²) in [5, 5.41) is 5.46. The minimum atomic E-state index is 0.0728. The molecule has 0 radical (unpaired) electrons. The van der Waals surface area contributed by atoms with Gasteiger partial charge in [-0.05, 0) is 37.0 Å². The summed E-state index contributed by atoms with van der Waals surface area (Å²) in [5.74, 6) is 2.78. The van der Waals surface area contributed by atoms with Crippen molar-refractivity contribution in [3.63, 3.8) is 0 Å². The maximum Gasteiger partial charge on any atom is 0.134 e. The average Bonchev–Trinajstić information content (AvgIpc) is 2.94. The number of aryl methyl sites for hydroxylation is 1. The highest BCUT2D eigenvalue weighted by Gasteiger charge is 2.21. The maximum absolute atomic E-state index is 5.71. The Hall–Kier alpha value is -1.26. The van der Waals surface area contributed by atoms with Crippen LogP contribution in [0.2, 0.25) is 0 Å². The van der Waals surface area contributed by atoms with Gasteiger partial charge in [-0.1, -0.05) is 6.92 Å². The normalized spacial score (nSPS) is 12.6. The third-order valence-corrected chi connectivity index (χ3v) is 3.56. The minimum absolute atomic E-state index is 0.0728. The van der Waals surface area contributed by atoms with E-state index in [1.54, 1.807) is 18.4 Å². The second-order valence-corrected chi connectivity index (χ2v) is 4.74. The lowest BCUT2D eigenvalue weighted by atomic mass is 10.1. The fourth-order valence-corrected chi connectivity index (χ4v) is 2.76. The quantitative estimate of drug-likeness (QED) is 0.885. The molecule has 0 aliphatic rings. The number of ether oxygens (including phenoxy) is 1. The average molecular weight is 251 g/mol. The van der Waals surface area contributed by atoms with E-state index in [1.807, 2.05) is 30.5 Å². The lowest BCUT2D eigenvalue weighted by Crippen LogP contribution is -2.21. The second kappa shape index (κ2) is 5.38. The summed E-state index contributed by atoms with van der Waals surface area (Å²) in [6.45, 7) is 4.92. The zero-order chi connectivity index (χ0) is 12.3. The summed E-state index contributed by atoms with van der Waals surface area (Å²) in [4.78, 5) is 1.16. The van der Waals surface area contributed by atoms with Crippen molar-refractivity contribution in [1.29, 1.82) is 0 Å². The van der Waals surface area contributed by atoms with E-state index in [0.717, 1.165) is 28.7 Å². The van der Waals surface area contributed by atoms with E-state index >= 15 is 0 Å². The van der Waals surface area contributed by atoms with Gasteiger partial charge in [0.1, 0.15) is 23.3 Å². The highest BCUT2D eigenvalue weighted by Crippen LogP contribution is 2.35. The molecule has 17 heavy (non-hydrogen) atoms. The van der Waals surface area contributed by atoms with Crippen LogP contribution in [-0.2, 0) is 0 Å². The van der Waals surface area contributed by atoms with E-state index < -0.39 is 0 Å². The number of furan rings is 1. The number of rotatable bonds is 5. The highest BCUT2D eigenvalue weighted by molar-refractivity contribution is 7.10. The number of nitrogens with one attached hydrogen (secondary N) is 1. The maximum atomic E-state index is 5.71. The van der Waals surface area contributed by atoms with Crippen LogP contribution in [0.5, 0.6) is 5.75 Å². The molecule has 1 N–H and O–H groups in total. The van der Waals surface area contributed by atoms with Gasteiger partial charge in [0.25, 0.3) is 0 Å². The van der Waals surface area contributed by atoms with Crippen molar-refractivity contribution in [2.45, 2.75) is 19.9 Å². The van der Waals surface area contributed by atoms with Crippen LogP contribution in [0.25, 0.3) is 0 Å². The summed E-state index contributed by atoms with van der Waals surface area (Å²) in [7, 11) is 1.70. The Morgan fingerprint density at radius 1 is 1.41 bits per heavy atom. The largest absolute Gasteiger partial charge is 0.496 e. The van der Waals surface area contributed by atoms with E-state index in [4.69, 9.17) is 9.15 Å². The fourth-order valence-electron chi connectivity index (χ4n) is 1.82. The summed E-state index contributed by atoms with van der Waals surface area (Å²) >= 11 is 1.68. The van der Waals surface area contributed by atoms with Gasteiger partial charge in [-0.15, -0.1) is 11.3 Å². The molecule has 1 atom stereocenters. The molecule has 92 valence electrons. The van der Waals surface area contributed by atoms with Crippen LogP contribution in [0.4, 0.5) is 0 Å². The molecule has 2 rings (SSSR count). The van der Waals surface area contributed by atoms with E-state index in [2.05, 4.69) is 12.2 Å². The molecule has 0 aliphatic heterocycles. The third-order valence-electron chi connectivity index (χ3n) is 2.59. The van der Waals surface area contributed by atoms with Crippen LogP contribution >= 0.6 is 11.3 Å². The van der Waals surface area contributed by atoms with Crippen molar-refractivity contribution in [3.8, 4) is 5.75 Å². The minimum Gasteiger partial charge on any atom is -0.496 e. The molecule has 3 nitrogen and oxygen atoms in total. The van der Waals surface area contributed by atoms with Crippen molar-refractivity contribution in [2.75, 3.05) is 13.7 Å². The van der Waals surface area contributed by atoms with Gasteiger partial charge in [0.2, 0.25) is 0 Å². The molecule has 2 heterocycles. The van der Waals surface area contributed by atoms with Gasteiger partial charge in [0.15, 0.2) is 0 Å². The smallest absolute Gasteiger partial charge is 0.134 e. The van der Waals surface area contributed by atoms with Crippen LogP contribution in [-0.4, -0.2) is 13.7 Å². The van der Waals surface area contributed by atoms with Gasteiger partial charge in [-0.3, -0.25) is 0 Å². The fraction of sp³-hybridized carbons (Fsp3) is 0.385. The SMILES string of the molecule is CCNC(c1ccc(C)o1)c1sccc1OC. The molecule has 0 fully saturated rings. The van der Waals surface area contributed by atoms with Crippen molar-refractivity contribution in [1.82, 2.24) is 5.32 Å². The lowest BCUT2D eigenvalue weighted by Gasteiger charge is -2.15. The van der Waals surface area contributed by atoms with Crippen LogP contribution < -0.4 is 10.1 Å². The van der Waals surface area contributed by atoms with Gasteiger partial charge >= 0.3 is 0 Å². The number of methoxy groups -OCH3 is 1. The van der Waals surface area contributed by atoms with E-state index in [-0.39, 0.29) is 6.04 Å².